The van der Waals surface area contributed by atoms with E-state index in [0.717, 1.165) is 56.0 Å². The Morgan fingerprint density at radius 1 is 0.308 bits per heavy atom. The second kappa shape index (κ2) is 15.5. The van der Waals surface area contributed by atoms with Gasteiger partial charge in [-0.15, -0.1) is 0 Å². The van der Waals surface area contributed by atoms with Crippen molar-refractivity contribution < 1.29 is 0 Å². The highest BCUT2D eigenvalue weighted by Crippen LogP contribution is 2.53. The number of benzene rings is 12. The predicted octanol–water partition coefficient (Wildman–Crippen LogP) is 19.2. The highest BCUT2D eigenvalue weighted by molar-refractivity contribution is 6.23. The molecular formula is C74H50N4. The van der Waals surface area contributed by atoms with Crippen LogP contribution >= 0.6 is 0 Å². The van der Waals surface area contributed by atoms with Crippen LogP contribution in [0, 0.1) is 0 Å². The average Bonchev–Trinajstić information content (AvgIpc) is 4.24. The van der Waals surface area contributed by atoms with Crippen LogP contribution < -0.4 is 0 Å². The van der Waals surface area contributed by atoms with Gasteiger partial charge in [-0.1, -0.05) is 173 Å². The highest BCUT2D eigenvalue weighted by atomic mass is 15.0. The lowest BCUT2D eigenvalue weighted by Gasteiger charge is -2.23. The normalized spacial score (nSPS) is 14.1. The molecule has 0 aliphatic heterocycles. The van der Waals surface area contributed by atoms with Crippen LogP contribution in [0.5, 0.6) is 0 Å². The van der Waals surface area contributed by atoms with Gasteiger partial charge in [0.25, 0.3) is 0 Å². The minimum Gasteiger partial charge on any atom is -0.309 e. The summed E-state index contributed by atoms with van der Waals surface area (Å²) >= 11 is 0. The van der Waals surface area contributed by atoms with Crippen LogP contribution in [0.25, 0.3) is 143 Å². The van der Waals surface area contributed by atoms with E-state index in [9.17, 15) is 0 Å². The van der Waals surface area contributed by atoms with Crippen LogP contribution in [0.15, 0.2) is 231 Å². The predicted molar refractivity (Wildman–Crippen MR) is 327 cm³/mol. The highest BCUT2D eigenvalue weighted by Gasteiger charge is 2.38. The fraction of sp³-hybridized carbons (Fsp3) is 0.0811. The molecule has 17 rings (SSSR count). The van der Waals surface area contributed by atoms with Crippen molar-refractivity contribution in [2.24, 2.45) is 0 Å². The number of para-hydroxylation sites is 2. The first-order chi connectivity index (χ1) is 38.2. The Morgan fingerprint density at radius 2 is 0.859 bits per heavy atom. The molecule has 0 atom stereocenters. The molecule has 0 saturated carbocycles. The van der Waals surface area contributed by atoms with Crippen LogP contribution in [0.1, 0.15) is 49.9 Å². The Hall–Kier alpha value is -9.64. The van der Waals surface area contributed by atoms with E-state index in [4.69, 9.17) is 9.97 Å². The molecule has 0 saturated heterocycles. The van der Waals surface area contributed by atoms with E-state index in [1.165, 1.54) is 109 Å². The van der Waals surface area contributed by atoms with Gasteiger partial charge in [-0.25, -0.2) is 9.97 Å². The van der Waals surface area contributed by atoms with E-state index < -0.39 is 0 Å². The maximum absolute atomic E-state index is 5.73. The van der Waals surface area contributed by atoms with E-state index in [1.807, 2.05) is 0 Å². The summed E-state index contributed by atoms with van der Waals surface area (Å²) in [6.45, 7) is 9.48. The van der Waals surface area contributed by atoms with E-state index in [1.54, 1.807) is 0 Å². The van der Waals surface area contributed by atoms with Gasteiger partial charge in [-0.3, -0.25) is 0 Å². The molecule has 2 aliphatic rings. The average molecular weight is 995 g/mol. The van der Waals surface area contributed by atoms with Gasteiger partial charge in [-0.05, 0) is 156 Å². The quantitative estimate of drug-likeness (QED) is 0.176. The fourth-order valence-electron chi connectivity index (χ4n) is 14.1. The van der Waals surface area contributed by atoms with Crippen LogP contribution in [0.2, 0.25) is 0 Å². The van der Waals surface area contributed by atoms with E-state index >= 15 is 0 Å². The van der Waals surface area contributed by atoms with Crippen molar-refractivity contribution in [1.29, 1.82) is 0 Å². The summed E-state index contributed by atoms with van der Waals surface area (Å²) in [6.07, 6.45) is 0. The van der Waals surface area contributed by atoms with Crippen molar-refractivity contribution in [3.63, 3.8) is 0 Å². The first kappa shape index (κ1) is 43.6. The molecule has 2 aliphatic carbocycles. The summed E-state index contributed by atoms with van der Waals surface area (Å²) < 4.78 is 4.93. The van der Waals surface area contributed by atoms with Gasteiger partial charge in [0.15, 0.2) is 5.82 Å². The van der Waals surface area contributed by atoms with Gasteiger partial charge >= 0.3 is 0 Å². The third kappa shape index (κ3) is 5.95. The molecule has 3 heterocycles. The SMILES string of the molecule is CC1(C)c2cc(-c3nc(-c4ccc5c(c4)C(C)(C)c4cc6ccccc6cc4-5)c4cc(-n5c6ccccc6c6cc7c8ccc9ccccc9c8n(-c8ccccc8)c7cc65)ccc4n3)ccc2-c2cc3ccccc3cc21. The monoisotopic (exact) mass is 994 g/mol. The number of aromatic nitrogens is 4. The summed E-state index contributed by atoms with van der Waals surface area (Å²) in [5, 5.41) is 13.4. The van der Waals surface area contributed by atoms with Gasteiger partial charge < -0.3 is 9.13 Å². The topological polar surface area (TPSA) is 35.6 Å². The second-order valence-corrected chi connectivity index (χ2v) is 23.0. The Balaban J connectivity index is 0.902. The number of hydrogen-bond donors (Lipinski definition) is 0. The summed E-state index contributed by atoms with van der Waals surface area (Å²) in [5.41, 5.74) is 20.9. The molecule has 15 aromatic rings. The molecule has 366 valence electrons. The Morgan fingerprint density at radius 3 is 1.55 bits per heavy atom. The zero-order chi connectivity index (χ0) is 51.8. The third-order valence-electron chi connectivity index (χ3n) is 18.0. The Bertz CT molecular complexity index is 5150. The van der Waals surface area contributed by atoms with Gasteiger partial charge in [0.1, 0.15) is 0 Å². The molecule has 0 spiro atoms. The maximum atomic E-state index is 5.73. The smallest absolute Gasteiger partial charge is 0.160 e. The summed E-state index contributed by atoms with van der Waals surface area (Å²) in [7, 11) is 0. The lowest BCUT2D eigenvalue weighted by molar-refractivity contribution is 0.661. The molecule has 0 fully saturated rings. The van der Waals surface area contributed by atoms with E-state index in [0.29, 0.717) is 0 Å². The number of rotatable bonds is 4. The molecule has 4 nitrogen and oxygen atoms in total. The summed E-state index contributed by atoms with van der Waals surface area (Å²) in [4.78, 5) is 11.3. The standard InChI is InChI=1S/C74H50N4/c1-73(2)62-38-48(27-30-53(62)57-34-44-17-8-10-19-46(44)36-64(57)73)70-61-40-51(29-33-66(61)75-72(76-70)49-28-31-54-58-35-45-18-9-11-20-47(45)37-65(58)74(3,4)63(54)39-49)77-67-25-15-14-24-55(67)59-41-60-56-32-26-43-16-12-13-23-52(43)71(56)78(69(60)42-68(59)77)50-21-6-5-7-22-50/h5-42H,1-4H3. The molecular weight excluding hydrogens is 945 g/mol. The number of nitrogens with zero attached hydrogens (tertiary/aromatic N) is 4. The molecule has 0 bridgehead atoms. The summed E-state index contributed by atoms with van der Waals surface area (Å²) in [6, 6.07) is 85.8. The first-order valence-electron chi connectivity index (χ1n) is 27.3. The van der Waals surface area contributed by atoms with Crippen molar-refractivity contribution in [3.8, 4) is 56.3 Å². The zero-order valence-electron chi connectivity index (χ0n) is 43.7. The molecule has 0 N–H and O–H groups in total. The largest absolute Gasteiger partial charge is 0.309 e. The Labute approximate surface area is 451 Å². The van der Waals surface area contributed by atoms with Crippen LogP contribution in [-0.4, -0.2) is 19.1 Å². The lowest BCUT2D eigenvalue weighted by atomic mass is 9.81. The number of hydrogen-bond acceptors (Lipinski definition) is 2. The van der Waals surface area contributed by atoms with Crippen molar-refractivity contribution in [3.05, 3.63) is 253 Å². The van der Waals surface area contributed by atoms with Crippen LogP contribution in [0.4, 0.5) is 0 Å². The van der Waals surface area contributed by atoms with E-state index in [2.05, 4.69) is 267 Å². The van der Waals surface area contributed by atoms with Crippen LogP contribution in [-0.2, 0) is 10.8 Å². The zero-order valence-corrected chi connectivity index (χ0v) is 43.7. The lowest BCUT2D eigenvalue weighted by Crippen LogP contribution is -2.15. The maximum Gasteiger partial charge on any atom is 0.160 e. The van der Waals surface area contributed by atoms with Crippen LogP contribution in [0.3, 0.4) is 0 Å². The van der Waals surface area contributed by atoms with Crippen molar-refractivity contribution in [2.45, 2.75) is 38.5 Å². The second-order valence-electron chi connectivity index (χ2n) is 23.0. The fourth-order valence-corrected chi connectivity index (χ4v) is 14.1. The van der Waals surface area contributed by atoms with Gasteiger partial charge in [0.05, 0.1) is 33.3 Å². The molecule has 78 heavy (non-hydrogen) atoms. The van der Waals surface area contributed by atoms with E-state index in [-0.39, 0.29) is 10.8 Å². The minimum absolute atomic E-state index is 0.207. The number of fused-ring (bicyclic) bond motifs is 17. The molecule has 12 aromatic carbocycles. The minimum atomic E-state index is -0.226. The summed E-state index contributed by atoms with van der Waals surface area (Å²) in [5.74, 6) is 0.722. The molecule has 4 heteroatoms. The van der Waals surface area contributed by atoms with Gasteiger partial charge in [-0.2, -0.15) is 0 Å². The van der Waals surface area contributed by atoms with Gasteiger partial charge in [0.2, 0.25) is 0 Å². The van der Waals surface area contributed by atoms with Gasteiger partial charge in [0, 0.05) is 65.6 Å². The first-order valence-corrected chi connectivity index (χ1v) is 27.3. The molecule has 0 radical (unpaired) electrons. The third-order valence-corrected chi connectivity index (χ3v) is 18.0. The molecule has 0 amide bonds. The molecule has 3 aromatic heterocycles. The van der Waals surface area contributed by atoms with Crippen molar-refractivity contribution in [1.82, 2.24) is 19.1 Å². The van der Waals surface area contributed by atoms with Crippen molar-refractivity contribution >= 4 is 86.8 Å². The Kier molecular flexibility index (Phi) is 8.66. The van der Waals surface area contributed by atoms with Crippen molar-refractivity contribution in [2.75, 3.05) is 0 Å². The molecule has 0 unspecified atom stereocenters.